The summed E-state index contributed by atoms with van der Waals surface area (Å²) in [5.41, 5.74) is 3.08. The van der Waals surface area contributed by atoms with E-state index in [4.69, 9.17) is 4.74 Å². The molecule has 3 aromatic rings. The SMILES string of the molecule is COc1ccc(-c2csc(N3Cc4ccccc4NC3=O)n2)c(O)c1. The monoisotopic (exact) mass is 353 g/mol. The highest BCUT2D eigenvalue weighted by molar-refractivity contribution is 7.14. The van der Waals surface area contributed by atoms with Gasteiger partial charge in [0, 0.05) is 22.7 Å². The van der Waals surface area contributed by atoms with Crippen LogP contribution in [0.2, 0.25) is 0 Å². The number of thiazole rings is 1. The predicted octanol–water partition coefficient (Wildman–Crippen LogP) is 4.08. The van der Waals surface area contributed by atoms with Gasteiger partial charge in [-0.05, 0) is 23.8 Å². The van der Waals surface area contributed by atoms with Crippen molar-refractivity contribution in [2.45, 2.75) is 6.54 Å². The summed E-state index contributed by atoms with van der Waals surface area (Å²) in [7, 11) is 1.54. The first-order chi connectivity index (χ1) is 12.2. The molecular weight excluding hydrogens is 338 g/mol. The Morgan fingerprint density at radius 1 is 1.28 bits per heavy atom. The van der Waals surface area contributed by atoms with Crippen molar-refractivity contribution in [3.05, 3.63) is 53.4 Å². The summed E-state index contributed by atoms with van der Waals surface area (Å²) in [5, 5.41) is 15.4. The van der Waals surface area contributed by atoms with E-state index in [1.807, 2.05) is 29.6 Å². The summed E-state index contributed by atoms with van der Waals surface area (Å²) < 4.78 is 5.09. The second-order valence-corrected chi connectivity index (χ2v) is 6.41. The summed E-state index contributed by atoms with van der Waals surface area (Å²) >= 11 is 1.36. The molecule has 0 radical (unpaired) electrons. The average Bonchev–Trinajstić information content (AvgIpc) is 3.10. The minimum atomic E-state index is -0.210. The van der Waals surface area contributed by atoms with E-state index in [0.29, 0.717) is 28.7 Å². The van der Waals surface area contributed by atoms with Crippen LogP contribution in [-0.4, -0.2) is 23.2 Å². The predicted molar refractivity (Wildman–Crippen MR) is 97.4 cm³/mol. The van der Waals surface area contributed by atoms with Crippen LogP contribution in [0, 0.1) is 0 Å². The van der Waals surface area contributed by atoms with Crippen LogP contribution in [0.3, 0.4) is 0 Å². The van der Waals surface area contributed by atoms with Crippen LogP contribution < -0.4 is 15.0 Å². The first-order valence-corrected chi connectivity index (χ1v) is 8.53. The number of para-hydroxylation sites is 1. The van der Waals surface area contributed by atoms with Crippen LogP contribution in [0.25, 0.3) is 11.3 Å². The average molecular weight is 353 g/mol. The van der Waals surface area contributed by atoms with Crippen molar-refractivity contribution < 1.29 is 14.6 Å². The summed E-state index contributed by atoms with van der Waals surface area (Å²) in [6, 6.07) is 12.5. The zero-order chi connectivity index (χ0) is 17.4. The minimum absolute atomic E-state index is 0.0876. The van der Waals surface area contributed by atoms with Gasteiger partial charge in [0.1, 0.15) is 11.5 Å². The highest BCUT2D eigenvalue weighted by atomic mass is 32.1. The molecule has 6 nitrogen and oxygen atoms in total. The second-order valence-electron chi connectivity index (χ2n) is 5.57. The summed E-state index contributed by atoms with van der Waals surface area (Å²) in [6.45, 7) is 0.462. The minimum Gasteiger partial charge on any atom is -0.507 e. The number of aromatic hydroxyl groups is 1. The van der Waals surface area contributed by atoms with E-state index in [1.165, 1.54) is 17.4 Å². The molecule has 1 aromatic heterocycles. The fraction of sp³-hybridized carbons (Fsp3) is 0.111. The van der Waals surface area contributed by atoms with E-state index in [-0.39, 0.29) is 11.8 Å². The molecule has 0 spiro atoms. The Hall–Kier alpha value is -3.06. The summed E-state index contributed by atoms with van der Waals surface area (Å²) in [4.78, 5) is 18.5. The van der Waals surface area contributed by atoms with Gasteiger partial charge in [-0.3, -0.25) is 4.90 Å². The van der Waals surface area contributed by atoms with E-state index in [0.717, 1.165) is 11.3 Å². The second kappa shape index (κ2) is 6.10. The van der Waals surface area contributed by atoms with Crippen molar-refractivity contribution in [2.24, 2.45) is 0 Å². The van der Waals surface area contributed by atoms with Gasteiger partial charge in [-0.15, -0.1) is 11.3 Å². The first kappa shape index (κ1) is 15.5. The molecule has 0 aliphatic carbocycles. The van der Waals surface area contributed by atoms with Crippen LogP contribution in [0.1, 0.15) is 5.56 Å². The van der Waals surface area contributed by atoms with Gasteiger partial charge in [0.15, 0.2) is 5.13 Å². The molecule has 2 aromatic carbocycles. The molecule has 0 saturated heterocycles. The number of amides is 2. The Bertz CT molecular complexity index is 954. The van der Waals surface area contributed by atoms with E-state index >= 15 is 0 Å². The van der Waals surface area contributed by atoms with Gasteiger partial charge in [0.25, 0.3) is 0 Å². The van der Waals surface area contributed by atoms with Gasteiger partial charge >= 0.3 is 6.03 Å². The van der Waals surface area contributed by atoms with Crippen LogP contribution in [0.4, 0.5) is 15.6 Å². The van der Waals surface area contributed by atoms with Crippen molar-refractivity contribution in [1.82, 2.24) is 4.98 Å². The number of nitrogens with one attached hydrogen (secondary N) is 1. The number of benzene rings is 2. The molecule has 1 aliphatic rings. The normalized spacial score (nSPS) is 13.3. The van der Waals surface area contributed by atoms with Crippen molar-refractivity contribution in [2.75, 3.05) is 17.3 Å². The largest absolute Gasteiger partial charge is 0.507 e. The third kappa shape index (κ3) is 2.78. The number of anilines is 2. The van der Waals surface area contributed by atoms with E-state index < -0.39 is 0 Å². The lowest BCUT2D eigenvalue weighted by Gasteiger charge is -2.27. The number of urea groups is 1. The van der Waals surface area contributed by atoms with E-state index in [9.17, 15) is 9.90 Å². The first-order valence-electron chi connectivity index (χ1n) is 7.65. The number of hydrogen-bond donors (Lipinski definition) is 2. The Kier molecular flexibility index (Phi) is 3.77. The number of fused-ring (bicyclic) bond motifs is 1. The molecule has 25 heavy (non-hydrogen) atoms. The molecule has 126 valence electrons. The molecule has 4 rings (SSSR count). The molecule has 2 heterocycles. The number of methoxy groups -OCH3 is 1. The smallest absolute Gasteiger partial charge is 0.328 e. The van der Waals surface area contributed by atoms with Crippen molar-refractivity contribution in [1.29, 1.82) is 0 Å². The number of ether oxygens (including phenoxy) is 1. The molecule has 0 unspecified atom stereocenters. The van der Waals surface area contributed by atoms with Gasteiger partial charge in [-0.1, -0.05) is 18.2 Å². The maximum atomic E-state index is 12.4. The fourth-order valence-corrected chi connectivity index (χ4v) is 3.55. The van der Waals surface area contributed by atoms with Gasteiger partial charge in [-0.2, -0.15) is 0 Å². The molecule has 0 fully saturated rings. The molecule has 0 saturated carbocycles. The van der Waals surface area contributed by atoms with Crippen molar-refractivity contribution >= 4 is 28.2 Å². The van der Waals surface area contributed by atoms with Crippen molar-refractivity contribution in [3.8, 4) is 22.8 Å². The number of phenols is 1. The molecular formula is C18H15N3O3S. The summed E-state index contributed by atoms with van der Waals surface area (Å²) in [6.07, 6.45) is 0. The molecule has 2 N–H and O–H groups in total. The van der Waals surface area contributed by atoms with Gasteiger partial charge in [-0.25, -0.2) is 9.78 Å². The number of rotatable bonds is 3. The Labute approximate surface area is 148 Å². The Balaban J connectivity index is 1.65. The number of aromatic nitrogens is 1. The van der Waals surface area contributed by atoms with Crippen LogP contribution in [-0.2, 0) is 6.54 Å². The van der Waals surface area contributed by atoms with Crippen molar-refractivity contribution in [3.63, 3.8) is 0 Å². The van der Waals surface area contributed by atoms with E-state index in [1.54, 1.807) is 24.1 Å². The molecule has 2 amide bonds. The number of carbonyl (C=O) groups is 1. The van der Waals surface area contributed by atoms with E-state index in [2.05, 4.69) is 10.3 Å². The number of carbonyl (C=O) groups excluding carboxylic acids is 1. The molecule has 7 heteroatoms. The maximum Gasteiger partial charge on any atom is 0.328 e. The fourth-order valence-electron chi connectivity index (χ4n) is 2.73. The summed E-state index contributed by atoms with van der Waals surface area (Å²) in [5.74, 6) is 0.661. The topological polar surface area (TPSA) is 74.7 Å². The van der Waals surface area contributed by atoms with Crippen LogP contribution in [0.5, 0.6) is 11.5 Å². The lowest BCUT2D eigenvalue weighted by Crippen LogP contribution is -2.38. The zero-order valence-corrected chi connectivity index (χ0v) is 14.2. The van der Waals surface area contributed by atoms with Gasteiger partial charge < -0.3 is 15.2 Å². The quantitative estimate of drug-likeness (QED) is 0.744. The Morgan fingerprint density at radius 3 is 2.92 bits per heavy atom. The number of nitrogens with zero attached hydrogens (tertiary/aromatic N) is 2. The third-order valence-electron chi connectivity index (χ3n) is 4.04. The van der Waals surface area contributed by atoms with Gasteiger partial charge in [0.05, 0.1) is 19.3 Å². The van der Waals surface area contributed by atoms with Crippen LogP contribution >= 0.6 is 11.3 Å². The number of phenolic OH excluding ortho intramolecular Hbond substituents is 1. The molecule has 0 bridgehead atoms. The highest BCUT2D eigenvalue weighted by Crippen LogP contribution is 2.36. The van der Waals surface area contributed by atoms with Gasteiger partial charge in [0.2, 0.25) is 0 Å². The van der Waals surface area contributed by atoms with Crippen LogP contribution in [0.15, 0.2) is 47.8 Å². The lowest BCUT2D eigenvalue weighted by atomic mass is 10.1. The zero-order valence-electron chi connectivity index (χ0n) is 13.4. The molecule has 1 aliphatic heterocycles. The maximum absolute atomic E-state index is 12.4. The molecule has 0 atom stereocenters. The lowest BCUT2D eigenvalue weighted by molar-refractivity contribution is 0.256. The standard InChI is InChI=1S/C18H15N3O3S/c1-24-12-6-7-13(16(22)8-12)15-10-25-18(20-15)21-9-11-4-2-3-5-14(11)19-17(21)23/h2-8,10,22H,9H2,1H3,(H,19,23). The highest BCUT2D eigenvalue weighted by Gasteiger charge is 2.26. The third-order valence-corrected chi connectivity index (χ3v) is 4.90. The number of hydrogen-bond acceptors (Lipinski definition) is 5. The Morgan fingerprint density at radius 2 is 2.12 bits per heavy atom.